The fourth-order valence-corrected chi connectivity index (χ4v) is 8.08. The molecule has 4 heterocycles. The molecule has 9 rings (SSSR count). The molecule has 2 amide bonds. The first-order chi connectivity index (χ1) is 39.0. The lowest BCUT2D eigenvalue weighted by molar-refractivity contribution is -0.384. The van der Waals surface area contributed by atoms with Gasteiger partial charge in [-0.2, -0.15) is 10.2 Å². The van der Waals surface area contributed by atoms with Gasteiger partial charge in [0.05, 0.1) is 55.8 Å². The molecule has 2 aliphatic rings. The van der Waals surface area contributed by atoms with Crippen molar-refractivity contribution in [2.24, 2.45) is 5.73 Å². The summed E-state index contributed by atoms with van der Waals surface area (Å²) in [5.74, 6) is -2.67. The number of morpholine rings is 2. The molecule has 20 nitrogen and oxygen atoms in total. The van der Waals surface area contributed by atoms with E-state index >= 15 is 0 Å². The van der Waals surface area contributed by atoms with Crippen LogP contribution in [0, 0.1) is 33.4 Å². The Balaban J connectivity index is 0.000000195. The molecule has 81 heavy (non-hydrogen) atoms. The highest BCUT2D eigenvalue weighted by Gasteiger charge is 2.13. The zero-order valence-corrected chi connectivity index (χ0v) is 44.6. The first-order valence-electron chi connectivity index (χ1n) is 25.5. The number of benzene rings is 5. The first kappa shape index (κ1) is 61.8. The Morgan fingerprint density at radius 3 is 1.60 bits per heavy atom. The van der Waals surface area contributed by atoms with Gasteiger partial charge in [0.15, 0.2) is 0 Å². The molecule has 2 saturated heterocycles. The fraction of sp³-hybridized carbons (Fsp3) is 0.286. The number of halogens is 5. The average Bonchev–Trinajstić information content (AvgIpc) is 3.45. The largest absolute Gasteiger partial charge is 0.414 e. The number of hydrogen-bond donors (Lipinski definition) is 4. The maximum atomic E-state index is 13.6. The van der Waals surface area contributed by atoms with E-state index in [2.05, 4.69) is 35.4 Å². The number of hydrogen-bond acceptors (Lipinski definition) is 15. The number of non-ortho nitro benzene ring substituents is 1. The van der Waals surface area contributed by atoms with E-state index in [-0.39, 0.29) is 58.5 Å². The molecule has 5 aromatic carbocycles. The van der Waals surface area contributed by atoms with Crippen LogP contribution >= 0.6 is 11.6 Å². The lowest BCUT2D eigenvalue weighted by Crippen LogP contribution is -2.38. The highest BCUT2D eigenvalue weighted by atomic mass is 35.5. The third kappa shape index (κ3) is 21.6. The first-order valence-corrected chi connectivity index (χ1v) is 25.9. The van der Waals surface area contributed by atoms with Crippen LogP contribution in [0.4, 0.5) is 44.2 Å². The highest BCUT2D eigenvalue weighted by Crippen LogP contribution is 2.22. The van der Waals surface area contributed by atoms with Gasteiger partial charge in [0.1, 0.15) is 29.0 Å². The number of nitro benzene ring substituents is 1. The molecule has 0 spiro atoms. The molecule has 0 aliphatic carbocycles. The SMILES string of the molecule is NCCCN1CCOCC1.Nc1cccc(Cn2nc(-c3cc(F)cc(F)c3)ccc2=O)c1.O=C(Cl)Oc1ccc([N+](=O)[O-])cc1.O=C(NCCCN1CCOCC1)Nc1cccc(Cn2nc(-c3cc(F)cc(F)c3)ccc2=O)c1. The summed E-state index contributed by atoms with van der Waals surface area (Å²) in [5.41, 5.74) is 13.2. The molecule has 0 unspecified atom stereocenters. The second kappa shape index (κ2) is 32.0. The molecule has 2 aliphatic heterocycles. The third-order valence-electron chi connectivity index (χ3n) is 11.9. The van der Waals surface area contributed by atoms with Crippen molar-refractivity contribution in [1.29, 1.82) is 0 Å². The Morgan fingerprint density at radius 1 is 0.654 bits per heavy atom. The predicted octanol–water partition coefficient (Wildman–Crippen LogP) is 7.90. The van der Waals surface area contributed by atoms with Crippen LogP contribution in [0.5, 0.6) is 5.75 Å². The standard InChI is InChI=1S/C25H27F2N5O3.C17H13F2N3O.C7H4ClNO4.C7H16N2O/c26-20-14-19(15-21(27)16-20)23-5-6-24(33)32(30-23)17-18-3-1-4-22(13-18)29-25(34)28-7-2-8-31-9-11-35-12-10-31;18-13-7-12(8-14(19)9-13)16-4-5-17(23)22(21-16)10-11-2-1-3-15(20)6-11;8-7(10)13-6-3-1-5(2-4-6)9(11)12;8-2-1-3-9-4-6-10-7-5-9/h1,3-6,13-16H,2,7-12,17H2,(H2,28,29,34);1-9H,10,20H2;1-4H;1-8H2. The fourth-order valence-electron chi connectivity index (χ4n) is 7.99. The van der Waals surface area contributed by atoms with Gasteiger partial charge in [-0.05, 0) is 116 Å². The molecule has 0 bridgehead atoms. The van der Waals surface area contributed by atoms with Crippen LogP contribution in [-0.2, 0) is 22.6 Å². The van der Waals surface area contributed by atoms with Gasteiger partial charge in [-0.3, -0.25) is 29.5 Å². The Bertz CT molecular complexity index is 3270. The van der Waals surface area contributed by atoms with Crippen LogP contribution in [0.2, 0.25) is 0 Å². The summed E-state index contributed by atoms with van der Waals surface area (Å²) in [5, 5.41) is 24.3. The van der Waals surface area contributed by atoms with Crippen molar-refractivity contribution in [3.05, 3.63) is 199 Å². The summed E-state index contributed by atoms with van der Waals surface area (Å²) in [6.45, 7) is 11.0. The van der Waals surface area contributed by atoms with E-state index in [1.54, 1.807) is 42.5 Å². The van der Waals surface area contributed by atoms with Crippen molar-refractivity contribution >= 4 is 40.1 Å². The highest BCUT2D eigenvalue weighted by molar-refractivity contribution is 6.61. The molecule has 428 valence electrons. The number of nitrogens with two attached hydrogens (primary N) is 2. The predicted molar refractivity (Wildman–Crippen MR) is 298 cm³/mol. The van der Waals surface area contributed by atoms with E-state index in [0.29, 0.717) is 23.6 Å². The lowest BCUT2D eigenvalue weighted by atomic mass is 10.1. The van der Waals surface area contributed by atoms with Crippen LogP contribution in [0.25, 0.3) is 22.5 Å². The monoisotopic (exact) mass is 1140 g/mol. The number of nitro groups is 1. The number of nitrogens with one attached hydrogen (secondary N) is 2. The van der Waals surface area contributed by atoms with Gasteiger partial charge < -0.3 is 36.3 Å². The maximum Gasteiger partial charge on any atom is 0.409 e. The van der Waals surface area contributed by atoms with E-state index in [1.807, 2.05) is 6.07 Å². The number of aromatic nitrogens is 4. The molecule has 6 N–H and O–H groups in total. The minimum absolute atomic E-state index is 0.0747. The van der Waals surface area contributed by atoms with E-state index in [1.165, 1.54) is 70.0 Å². The lowest BCUT2D eigenvalue weighted by Gasteiger charge is -2.26. The number of nitrogens with zero attached hydrogens (tertiary/aromatic N) is 7. The summed E-state index contributed by atoms with van der Waals surface area (Å²) < 4.78 is 71.3. The van der Waals surface area contributed by atoms with Gasteiger partial charge in [-0.15, -0.1) is 0 Å². The molecule has 2 fully saturated rings. The Morgan fingerprint density at radius 2 is 1.14 bits per heavy atom. The van der Waals surface area contributed by atoms with Crippen LogP contribution in [-0.4, -0.2) is 125 Å². The number of carbonyl (C=O) groups excluding carboxylic acids is 2. The zero-order chi connectivity index (χ0) is 58.1. The quantitative estimate of drug-likeness (QED) is 0.0179. The van der Waals surface area contributed by atoms with Gasteiger partial charge in [0.25, 0.3) is 16.8 Å². The summed E-state index contributed by atoms with van der Waals surface area (Å²) in [7, 11) is 0. The van der Waals surface area contributed by atoms with Crippen LogP contribution in [0.15, 0.2) is 143 Å². The molecule has 0 radical (unpaired) electrons. The normalized spacial score (nSPS) is 13.2. The van der Waals surface area contributed by atoms with Crippen LogP contribution in [0.3, 0.4) is 0 Å². The maximum absolute atomic E-state index is 13.6. The van der Waals surface area contributed by atoms with Crippen molar-refractivity contribution in [1.82, 2.24) is 34.7 Å². The van der Waals surface area contributed by atoms with Crippen molar-refractivity contribution in [2.45, 2.75) is 25.9 Å². The molecular weight excluding hydrogens is 1080 g/mol. The number of carbonyl (C=O) groups is 2. The Kier molecular flexibility index (Phi) is 24.4. The van der Waals surface area contributed by atoms with Crippen LogP contribution < -0.4 is 38.0 Å². The topological polar surface area (TPSA) is 257 Å². The number of nitrogen functional groups attached to an aromatic ring is 1. The average molecular weight is 1140 g/mol. The Labute approximate surface area is 467 Å². The van der Waals surface area contributed by atoms with E-state index < -0.39 is 33.6 Å². The third-order valence-corrected chi connectivity index (χ3v) is 12.0. The minimum atomic E-state index is -0.978. The van der Waals surface area contributed by atoms with Gasteiger partial charge >= 0.3 is 11.5 Å². The van der Waals surface area contributed by atoms with E-state index in [4.69, 9.17) is 32.5 Å². The molecule has 7 aromatic rings. The molecule has 0 atom stereocenters. The number of ether oxygens (including phenoxy) is 3. The number of amides is 2. The summed E-state index contributed by atoms with van der Waals surface area (Å²) in [6.07, 6.45) is 1.95. The number of urea groups is 1. The molecule has 25 heteroatoms. The van der Waals surface area contributed by atoms with Gasteiger partial charge in [-0.1, -0.05) is 24.3 Å². The van der Waals surface area contributed by atoms with Crippen molar-refractivity contribution in [3.63, 3.8) is 0 Å². The van der Waals surface area contributed by atoms with E-state index in [0.717, 1.165) is 120 Å². The second-order valence-electron chi connectivity index (χ2n) is 18.1. The summed E-state index contributed by atoms with van der Waals surface area (Å²) >= 11 is 4.92. The number of anilines is 2. The zero-order valence-electron chi connectivity index (χ0n) is 43.9. The smallest absolute Gasteiger partial charge is 0.409 e. The Hall–Kier alpha value is -8.39. The van der Waals surface area contributed by atoms with Gasteiger partial charge in [0.2, 0.25) is 0 Å². The van der Waals surface area contributed by atoms with Crippen molar-refractivity contribution in [2.75, 3.05) is 89.8 Å². The molecular formula is C56H60ClF4N11O9. The van der Waals surface area contributed by atoms with E-state index in [9.17, 15) is 46.9 Å². The summed E-state index contributed by atoms with van der Waals surface area (Å²) in [4.78, 5) is 61.1. The second-order valence-corrected chi connectivity index (χ2v) is 18.4. The molecule has 0 saturated carbocycles. The summed E-state index contributed by atoms with van der Waals surface area (Å²) in [6, 6.07) is 30.5. The van der Waals surface area contributed by atoms with Crippen LogP contribution in [0.1, 0.15) is 24.0 Å². The van der Waals surface area contributed by atoms with Gasteiger partial charge in [-0.25, -0.2) is 36.5 Å². The van der Waals surface area contributed by atoms with Gasteiger partial charge in [0, 0.05) is 103 Å². The number of rotatable bonds is 16. The van der Waals surface area contributed by atoms with Crippen molar-refractivity contribution in [3.8, 4) is 28.3 Å². The molecule has 2 aromatic heterocycles. The van der Waals surface area contributed by atoms with Crippen molar-refractivity contribution < 1.29 is 46.3 Å². The minimum Gasteiger partial charge on any atom is -0.414 e.